The number of hydrogen-bond acceptors (Lipinski definition) is 4. The number of benzene rings is 1. The summed E-state index contributed by atoms with van der Waals surface area (Å²) in [6.45, 7) is 4.21. The number of anilines is 1. The molecular weight excluding hydrogens is 267 g/mol. The van der Waals surface area contributed by atoms with Crippen molar-refractivity contribution < 1.29 is 9.59 Å². The largest absolute Gasteiger partial charge is 0.388 e. The molecule has 21 heavy (non-hydrogen) atoms. The standard InChI is InChI=1S/C12H13BN4O2.C2H6/c1-15-9-6-7(13)2-3-8(9)11(14)17-5-4-10(18)16-12(17)19;1-2/h2-3,6,14-15H,4-5H2,1H3,(H,16,18,19);1-2H3. The Bertz CT molecular complexity index is 560. The monoisotopic (exact) mass is 286 g/mol. The number of hydrogen-bond donors (Lipinski definition) is 3. The third kappa shape index (κ3) is 3.84. The lowest BCUT2D eigenvalue weighted by atomic mass is 9.93. The zero-order valence-corrected chi connectivity index (χ0v) is 12.5. The molecule has 1 fully saturated rings. The highest BCUT2D eigenvalue weighted by molar-refractivity contribution is 6.33. The third-order valence-corrected chi connectivity index (χ3v) is 2.89. The number of carbonyl (C=O) groups excluding carboxylic acids is 2. The van der Waals surface area contributed by atoms with Crippen LogP contribution in [0.5, 0.6) is 0 Å². The van der Waals surface area contributed by atoms with Crippen molar-refractivity contribution >= 4 is 36.8 Å². The van der Waals surface area contributed by atoms with E-state index in [-0.39, 0.29) is 24.7 Å². The molecule has 1 aromatic carbocycles. The molecule has 2 radical (unpaired) electrons. The number of carbonyl (C=O) groups is 2. The van der Waals surface area contributed by atoms with Crippen molar-refractivity contribution in [2.45, 2.75) is 20.3 Å². The van der Waals surface area contributed by atoms with Gasteiger partial charge in [-0.05, 0) is 12.1 Å². The Morgan fingerprint density at radius 3 is 2.62 bits per heavy atom. The maximum Gasteiger partial charge on any atom is 0.329 e. The minimum atomic E-state index is -0.569. The number of amides is 3. The number of nitrogens with zero attached hydrogens (tertiary/aromatic N) is 1. The summed E-state index contributed by atoms with van der Waals surface area (Å²) in [5.41, 5.74) is 1.79. The minimum Gasteiger partial charge on any atom is -0.388 e. The topological polar surface area (TPSA) is 85.3 Å². The Kier molecular flexibility index (Phi) is 5.96. The van der Waals surface area contributed by atoms with Gasteiger partial charge in [0.15, 0.2) is 0 Å². The van der Waals surface area contributed by atoms with Crippen molar-refractivity contribution in [3.05, 3.63) is 23.8 Å². The molecule has 0 spiro atoms. The van der Waals surface area contributed by atoms with E-state index >= 15 is 0 Å². The van der Waals surface area contributed by atoms with Crippen LogP contribution in [-0.2, 0) is 4.79 Å². The van der Waals surface area contributed by atoms with Gasteiger partial charge in [-0.3, -0.25) is 20.4 Å². The van der Waals surface area contributed by atoms with Crippen molar-refractivity contribution in [1.82, 2.24) is 10.2 Å². The van der Waals surface area contributed by atoms with Crippen LogP contribution in [0, 0.1) is 5.41 Å². The van der Waals surface area contributed by atoms with Crippen molar-refractivity contribution in [1.29, 1.82) is 5.41 Å². The summed E-state index contributed by atoms with van der Waals surface area (Å²) >= 11 is 0. The Hall–Kier alpha value is -2.31. The zero-order chi connectivity index (χ0) is 16.0. The molecule has 7 heteroatoms. The zero-order valence-electron chi connectivity index (χ0n) is 12.5. The van der Waals surface area contributed by atoms with Gasteiger partial charge in [-0.1, -0.05) is 25.4 Å². The molecule has 0 bridgehead atoms. The van der Waals surface area contributed by atoms with Crippen LogP contribution >= 0.6 is 0 Å². The molecule has 2 rings (SSSR count). The van der Waals surface area contributed by atoms with Gasteiger partial charge < -0.3 is 5.32 Å². The average molecular weight is 286 g/mol. The van der Waals surface area contributed by atoms with E-state index in [1.807, 2.05) is 13.8 Å². The number of urea groups is 1. The van der Waals surface area contributed by atoms with Crippen LogP contribution in [0.3, 0.4) is 0 Å². The van der Waals surface area contributed by atoms with Crippen molar-refractivity contribution in [2.75, 3.05) is 18.9 Å². The highest BCUT2D eigenvalue weighted by atomic mass is 16.2. The van der Waals surface area contributed by atoms with Gasteiger partial charge in [-0.25, -0.2) is 4.79 Å². The fourth-order valence-electron chi connectivity index (χ4n) is 1.90. The highest BCUT2D eigenvalue weighted by Crippen LogP contribution is 2.16. The molecule has 0 unspecified atom stereocenters. The molecule has 0 aliphatic carbocycles. The molecule has 0 atom stereocenters. The molecule has 1 aliphatic heterocycles. The molecule has 6 nitrogen and oxygen atoms in total. The van der Waals surface area contributed by atoms with E-state index in [0.717, 1.165) is 0 Å². The highest BCUT2D eigenvalue weighted by Gasteiger charge is 2.27. The number of nitrogens with one attached hydrogen (secondary N) is 3. The van der Waals surface area contributed by atoms with Gasteiger partial charge in [0, 0.05) is 31.3 Å². The molecule has 1 heterocycles. The van der Waals surface area contributed by atoms with E-state index in [1.54, 1.807) is 25.2 Å². The molecule has 3 amide bonds. The van der Waals surface area contributed by atoms with Gasteiger partial charge in [-0.2, -0.15) is 0 Å². The summed E-state index contributed by atoms with van der Waals surface area (Å²) in [5.74, 6) is -0.283. The molecule has 1 aliphatic rings. The molecular formula is C14H19BN4O2. The van der Waals surface area contributed by atoms with E-state index in [0.29, 0.717) is 16.7 Å². The maximum atomic E-state index is 11.7. The van der Waals surface area contributed by atoms with Crippen LogP contribution in [0.2, 0.25) is 0 Å². The molecule has 110 valence electrons. The van der Waals surface area contributed by atoms with Crippen molar-refractivity contribution in [2.24, 2.45) is 0 Å². The maximum absolute atomic E-state index is 11.7. The predicted octanol–water partition coefficient (Wildman–Crippen LogP) is 0.816. The van der Waals surface area contributed by atoms with E-state index in [4.69, 9.17) is 13.3 Å². The second-order valence-corrected chi connectivity index (χ2v) is 4.16. The fourth-order valence-corrected chi connectivity index (χ4v) is 1.90. The van der Waals surface area contributed by atoms with Crippen LogP contribution < -0.4 is 16.1 Å². The van der Waals surface area contributed by atoms with Gasteiger partial charge in [0.25, 0.3) is 0 Å². The van der Waals surface area contributed by atoms with E-state index in [1.165, 1.54) is 4.90 Å². The summed E-state index contributed by atoms with van der Waals surface area (Å²) in [6, 6.07) is 4.46. The second kappa shape index (κ2) is 7.47. The quantitative estimate of drug-likeness (QED) is 0.427. The first-order valence-electron chi connectivity index (χ1n) is 6.80. The lowest BCUT2D eigenvalue weighted by Gasteiger charge is -2.27. The van der Waals surface area contributed by atoms with Crippen LogP contribution in [0.4, 0.5) is 10.5 Å². The number of amidine groups is 1. The summed E-state index contributed by atoms with van der Waals surface area (Å²) in [5, 5.41) is 13.2. The van der Waals surface area contributed by atoms with Gasteiger partial charge in [0.05, 0.1) is 0 Å². The predicted molar refractivity (Wildman–Crippen MR) is 84.4 cm³/mol. The van der Waals surface area contributed by atoms with Crippen LogP contribution in [-0.4, -0.2) is 44.1 Å². The van der Waals surface area contributed by atoms with Gasteiger partial charge in [-0.15, -0.1) is 0 Å². The first-order chi connectivity index (χ1) is 10.0. The number of imide groups is 1. The van der Waals surface area contributed by atoms with E-state index < -0.39 is 6.03 Å². The number of rotatable bonds is 2. The molecule has 3 N–H and O–H groups in total. The first kappa shape index (κ1) is 16.7. The first-order valence-corrected chi connectivity index (χ1v) is 6.80. The average Bonchev–Trinajstić information content (AvgIpc) is 2.48. The molecule has 0 aromatic heterocycles. The van der Waals surface area contributed by atoms with Crippen molar-refractivity contribution in [3.63, 3.8) is 0 Å². The normalized spacial score (nSPS) is 14.0. The lowest BCUT2D eigenvalue weighted by Crippen LogP contribution is -2.52. The molecule has 0 saturated carbocycles. The van der Waals surface area contributed by atoms with Crippen LogP contribution in [0.25, 0.3) is 0 Å². The summed E-state index contributed by atoms with van der Waals surface area (Å²) in [7, 11) is 7.39. The fraction of sp³-hybridized carbons (Fsp3) is 0.357. The van der Waals surface area contributed by atoms with Crippen molar-refractivity contribution in [3.8, 4) is 0 Å². The van der Waals surface area contributed by atoms with E-state index in [2.05, 4.69) is 10.6 Å². The van der Waals surface area contributed by atoms with Gasteiger partial charge in [0.1, 0.15) is 13.7 Å². The second-order valence-electron chi connectivity index (χ2n) is 4.16. The Morgan fingerprint density at radius 1 is 1.38 bits per heavy atom. The summed E-state index contributed by atoms with van der Waals surface area (Å²) in [6.07, 6.45) is 0.192. The Labute approximate surface area is 125 Å². The lowest BCUT2D eigenvalue weighted by molar-refractivity contribution is -0.121. The molecule has 1 saturated heterocycles. The van der Waals surface area contributed by atoms with E-state index in [9.17, 15) is 9.59 Å². The summed E-state index contributed by atoms with van der Waals surface area (Å²) in [4.78, 5) is 24.0. The smallest absolute Gasteiger partial charge is 0.329 e. The van der Waals surface area contributed by atoms with Gasteiger partial charge in [0.2, 0.25) is 5.91 Å². The summed E-state index contributed by atoms with van der Waals surface area (Å²) < 4.78 is 0. The van der Waals surface area contributed by atoms with Gasteiger partial charge >= 0.3 is 6.03 Å². The third-order valence-electron chi connectivity index (χ3n) is 2.89. The minimum absolute atomic E-state index is 0.0364. The van der Waals surface area contributed by atoms with Crippen LogP contribution in [0.1, 0.15) is 25.8 Å². The molecule has 1 aromatic rings. The Balaban J connectivity index is 0.00000106. The van der Waals surface area contributed by atoms with Crippen LogP contribution in [0.15, 0.2) is 18.2 Å². The SMILES string of the molecule is CC.[B]c1ccc(C(=N)N2CCC(=O)NC2=O)c(NC)c1. The Morgan fingerprint density at radius 2 is 2.05 bits per heavy atom.